The molecule has 0 bridgehead atoms. The first-order valence-electron chi connectivity index (χ1n) is 7.17. The van der Waals surface area contributed by atoms with Crippen LogP contribution in [0.3, 0.4) is 0 Å². The van der Waals surface area contributed by atoms with Crippen LogP contribution in [0.1, 0.15) is 0 Å². The third kappa shape index (κ3) is 2.46. The van der Waals surface area contributed by atoms with Crippen LogP contribution < -0.4 is 11.1 Å². The minimum absolute atomic E-state index is 0.357. The van der Waals surface area contributed by atoms with E-state index in [1.807, 2.05) is 42.6 Å². The first-order chi connectivity index (χ1) is 11.3. The molecule has 112 valence electrons. The zero-order valence-corrected chi connectivity index (χ0v) is 12.2. The van der Waals surface area contributed by atoms with E-state index in [9.17, 15) is 0 Å². The van der Waals surface area contributed by atoms with E-state index in [0.717, 1.165) is 27.8 Å². The molecule has 3 aromatic heterocycles. The molecular weight excluding hydrogens is 288 g/mol. The second-order valence-electron chi connectivity index (χ2n) is 5.09. The van der Waals surface area contributed by atoms with Crippen molar-refractivity contribution in [2.75, 3.05) is 11.1 Å². The van der Waals surface area contributed by atoms with Gasteiger partial charge in [0.05, 0.1) is 11.9 Å². The molecule has 0 saturated carbocycles. The lowest BCUT2D eigenvalue weighted by molar-refractivity contribution is 1.21. The average Bonchev–Trinajstić information content (AvgIpc) is 3.07. The number of aromatic amines is 1. The summed E-state index contributed by atoms with van der Waals surface area (Å²) in [6.07, 6.45) is 7.01. The molecule has 3 heterocycles. The fourth-order valence-corrected chi connectivity index (χ4v) is 2.47. The van der Waals surface area contributed by atoms with Crippen LogP contribution in [-0.4, -0.2) is 19.9 Å². The smallest absolute Gasteiger partial charge is 0.174 e. The van der Waals surface area contributed by atoms with E-state index in [1.165, 1.54) is 0 Å². The molecular formula is C17H14N6. The van der Waals surface area contributed by atoms with Gasteiger partial charge in [-0.15, -0.1) is 0 Å². The van der Waals surface area contributed by atoms with Gasteiger partial charge in [-0.3, -0.25) is 4.98 Å². The Morgan fingerprint density at radius 3 is 2.78 bits per heavy atom. The number of nitrogens with zero attached hydrogens (tertiary/aromatic N) is 3. The van der Waals surface area contributed by atoms with Crippen molar-refractivity contribution < 1.29 is 0 Å². The lowest BCUT2D eigenvalue weighted by atomic mass is 10.2. The van der Waals surface area contributed by atoms with Crippen LogP contribution in [0, 0.1) is 0 Å². The van der Waals surface area contributed by atoms with E-state index in [-0.39, 0.29) is 0 Å². The van der Waals surface area contributed by atoms with Gasteiger partial charge in [-0.25, -0.2) is 9.97 Å². The lowest BCUT2D eigenvalue weighted by Crippen LogP contribution is -2.03. The molecule has 0 spiro atoms. The number of H-pyrrole nitrogens is 1. The molecule has 0 unspecified atom stereocenters. The van der Waals surface area contributed by atoms with Crippen LogP contribution >= 0.6 is 0 Å². The summed E-state index contributed by atoms with van der Waals surface area (Å²) < 4.78 is 0. The van der Waals surface area contributed by atoms with Crippen LogP contribution in [0.15, 0.2) is 61.2 Å². The van der Waals surface area contributed by atoms with E-state index in [1.54, 1.807) is 18.6 Å². The predicted molar refractivity (Wildman–Crippen MR) is 91.3 cm³/mol. The maximum Gasteiger partial charge on any atom is 0.174 e. The number of nitrogens with one attached hydrogen (secondary N) is 2. The van der Waals surface area contributed by atoms with Crippen molar-refractivity contribution >= 4 is 28.2 Å². The highest BCUT2D eigenvalue weighted by Crippen LogP contribution is 2.28. The SMILES string of the molecule is Nc1ncc(-c2ccncc2)nc1Nc1cccc2[nH]ccc12. The number of anilines is 3. The van der Waals surface area contributed by atoms with Crippen molar-refractivity contribution in [2.24, 2.45) is 0 Å². The molecule has 0 atom stereocenters. The van der Waals surface area contributed by atoms with Crippen LogP contribution in [0.4, 0.5) is 17.3 Å². The maximum atomic E-state index is 5.98. The van der Waals surface area contributed by atoms with Crippen LogP contribution in [-0.2, 0) is 0 Å². The van der Waals surface area contributed by atoms with Crippen LogP contribution in [0.5, 0.6) is 0 Å². The molecule has 0 aliphatic heterocycles. The number of hydrogen-bond acceptors (Lipinski definition) is 5. The summed E-state index contributed by atoms with van der Waals surface area (Å²) in [5.41, 5.74) is 9.64. The largest absolute Gasteiger partial charge is 0.381 e. The molecule has 0 aliphatic rings. The summed E-state index contributed by atoms with van der Waals surface area (Å²) in [6, 6.07) is 11.7. The zero-order chi connectivity index (χ0) is 15.6. The highest BCUT2D eigenvalue weighted by atomic mass is 15.1. The highest BCUT2D eigenvalue weighted by molar-refractivity contribution is 5.94. The summed E-state index contributed by atoms with van der Waals surface area (Å²) in [6.45, 7) is 0. The Morgan fingerprint density at radius 2 is 1.91 bits per heavy atom. The van der Waals surface area contributed by atoms with Gasteiger partial charge in [-0.2, -0.15) is 0 Å². The summed E-state index contributed by atoms with van der Waals surface area (Å²) in [4.78, 5) is 16.0. The monoisotopic (exact) mass is 302 g/mol. The van der Waals surface area contributed by atoms with Gasteiger partial charge in [-0.1, -0.05) is 6.07 Å². The van der Waals surface area contributed by atoms with Gasteiger partial charge in [0.25, 0.3) is 0 Å². The van der Waals surface area contributed by atoms with Gasteiger partial charge in [0.1, 0.15) is 0 Å². The number of aromatic nitrogens is 4. The minimum Gasteiger partial charge on any atom is -0.381 e. The van der Waals surface area contributed by atoms with Crippen molar-refractivity contribution in [3.05, 3.63) is 61.2 Å². The Balaban J connectivity index is 1.76. The molecule has 4 aromatic rings. The summed E-state index contributed by atoms with van der Waals surface area (Å²) in [7, 11) is 0. The molecule has 6 heteroatoms. The number of pyridine rings is 1. The third-order valence-corrected chi connectivity index (χ3v) is 3.62. The number of fused-ring (bicyclic) bond motifs is 1. The predicted octanol–water partition coefficient (Wildman–Crippen LogP) is 3.35. The molecule has 6 nitrogen and oxygen atoms in total. The third-order valence-electron chi connectivity index (χ3n) is 3.62. The van der Waals surface area contributed by atoms with Crippen molar-refractivity contribution in [1.29, 1.82) is 0 Å². The number of rotatable bonds is 3. The molecule has 1 aromatic carbocycles. The summed E-state index contributed by atoms with van der Waals surface area (Å²) >= 11 is 0. The van der Waals surface area contributed by atoms with E-state index < -0.39 is 0 Å². The van der Waals surface area contributed by atoms with E-state index >= 15 is 0 Å². The van der Waals surface area contributed by atoms with Crippen LogP contribution in [0.25, 0.3) is 22.2 Å². The van der Waals surface area contributed by atoms with Crippen molar-refractivity contribution in [3.8, 4) is 11.3 Å². The highest BCUT2D eigenvalue weighted by Gasteiger charge is 2.09. The van der Waals surface area contributed by atoms with Gasteiger partial charge < -0.3 is 16.0 Å². The van der Waals surface area contributed by atoms with Gasteiger partial charge >= 0.3 is 0 Å². The first kappa shape index (κ1) is 13.3. The van der Waals surface area contributed by atoms with E-state index in [4.69, 9.17) is 5.73 Å². The topological polar surface area (TPSA) is 92.5 Å². The zero-order valence-electron chi connectivity index (χ0n) is 12.2. The van der Waals surface area contributed by atoms with Gasteiger partial charge in [0.15, 0.2) is 11.6 Å². The van der Waals surface area contributed by atoms with Gasteiger partial charge in [0.2, 0.25) is 0 Å². The van der Waals surface area contributed by atoms with Crippen molar-refractivity contribution in [1.82, 2.24) is 19.9 Å². The molecule has 0 amide bonds. The van der Waals surface area contributed by atoms with Gasteiger partial charge in [0, 0.05) is 40.7 Å². The Kier molecular flexibility index (Phi) is 3.12. The molecule has 0 aliphatic carbocycles. The molecule has 23 heavy (non-hydrogen) atoms. The Bertz CT molecular complexity index is 961. The second-order valence-corrected chi connectivity index (χ2v) is 5.09. The molecule has 0 radical (unpaired) electrons. The van der Waals surface area contributed by atoms with Crippen molar-refractivity contribution in [2.45, 2.75) is 0 Å². The van der Waals surface area contributed by atoms with Gasteiger partial charge in [-0.05, 0) is 30.3 Å². The fraction of sp³-hybridized carbons (Fsp3) is 0. The van der Waals surface area contributed by atoms with Crippen molar-refractivity contribution in [3.63, 3.8) is 0 Å². The number of benzene rings is 1. The second kappa shape index (κ2) is 5.42. The number of nitrogen functional groups attached to an aromatic ring is 1. The molecule has 0 fully saturated rings. The maximum absolute atomic E-state index is 5.98. The number of hydrogen-bond donors (Lipinski definition) is 3. The fourth-order valence-electron chi connectivity index (χ4n) is 2.47. The Hall–Kier alpha value is -3.41. The standard InChI is InChI=1S/C17H14N6/c18-16-17(22-14-3-1-2-13-12(14)6-9-20-13)23-15(10-21-16)11-4-7-19-8-5-11/h1-10,20H,(H2,18,21)(H,22,23). The minimum atomic E-state index is 0.357. The summed E-state index contributed by atoms with van der Waals surface area (Å²) in [5.74, 6) is 0.892. The van der Waals surface area contributed by atoms with E-state index in [2.05, 4.69) is 25.3 Å². The Morgan fingerprint density at radius 1 is 1.04 bits per heavy atom. The molecule has 4 rings (SSSR count). The Labute approximate surface area is 132 Å². The lowest BCUT2D eigenvalue weighted by Gasteiger charge is -2.10. The average molecular weight is 302 g/mol. The normalized spacial score (nSPS) is 10.8. The summed E-state index contributed by atoms with van der Waals surface area (Å²) in [5, 5.41) is 4.35. The quantitative estimate of drug-likeness (QED) is 0.539. The first-order valence-corrected chi connectivity index (χ1v) is 7.17. The molecule has 0 saturated heterocycles. The molecule has 4 N–H and O–H groups in total. The van der Waals surface area contributed by atoms with E-state index in [0.29, 0.717) is 11.6 Å². The van der Waals surface area contributed by atoms with Crippen LogP contribution in [0.2, 0.25) is 0 Å². The number of nitrogens with two attached hydrogens (primary N) is 1.